The van der Waals surface area contributed by atoms with E-state index in [1.807, 2.05) is 6.07 Å². The van der Waals surface area contributed by atoms with E-state index in [0.717, 1.165) is 56.4 Å². The van der Waals surface area contributed by atoms with Gasteiger partial charge in [0.1, 0.15) is 10.3 Å². The second-order valence-corrected chi connectivity index (χ2v) is 9.73. The number of pyridine rings is 1. The van der Waals surface area contributed by atoms with Gasteiger partial charge in [-0.05, 0) is 83.2 Å². The van der Waals surface area contributed by atoms with Crippen molar-refractivity contribution in [2.45, 2.75) is 25.4 Å². The molecule has 0 unspecified atom stereocenters. The van der Waals surface area contributed by atoms with Crippen LogP contribution in [0.15, 0.2) is 64.3 Å². The van der Waals surface area contributed by atoms with Gasteiger partial charge >= 0.3 is 6.18 Å². The van der Waals surface area contributed by atoms with Gasteiger partial charge in [0, 0.05) is 18.8 Å². The highest BCUT2D eigenvalue weighted by molar-refractivity contribution is 9.10. The largest absolute Gasteiger partial charge is 0.417 e. The Morgan fingerprint density at radius 3 is 2.50 bits per heavy atom. The third-order valence-corrected chi connectivity index (χ3v) is 6.61. The summed E-state index contributed by atoms with van der Waals surface area (Å²) in [7, 11) is 0. The zero-order valence-electron chi connectivity index (χ0n) is 19.9. The van der Waals surface area contributed by atoms with Gasteiger partial charge in [0.25, 0.3) is 11.8 Å². The van der Waals surface area contributed by atoms with Crippen LogP contribution in [0.3, 0.4) is 0 Å². The van der Waals surface area contributed by atoms with Crippen LogP contribution in [0, 0.1) is 0 Å². The molecule has 12 heteroatoms. The Balaban J connectivity index is 1.58. The lowest BCUT2D eigenvalue weighted by molar-refractivity contribution is -0.137. The van der Waals surface area contributed by atoms with Crippen LogP contribution in [0.5, 0.6) is 0 Å². The van der Waals surface area contributed by atoms with Crippen molar-refractivity contribution in [3.05, 3.63) is 86.6 Å². The van der Waals surface area contributed by atoms with Gasteiger partial charge in [-0.1, -0.05) is 23.7 Å². The topological polar surface area (TPSA) is 86.7 Å². The number of carbonyl (C=O) groups excluding carboxylic acids is 2. The number of rotatable bonds is 6. The molecule has 1 saturated heterocycles. The molecule has 0 atom stereocenters. The molecular formula is C26H22BrClF3N5O2. The van der Waals surface area contributed by atoms with Gasteiger partial charge in [0.2, 0.25) is 0 Å². The summed E-state index contributed by atoms with van der Waals surface area (Å²) in [4.78, 5) is 32.2. The zero-order chi connectivity index (χ0) is 27.3. The van der Waals surface area contributed by atoms with Gasteiger partial charge in [-0.15, -0.1) is 0 Å². The van der Waals surface area contributed by atoms with Crippen LogP contribution < -0.4 is 15.6 Å². The van der Waals surface area contributed by atoms with Crippen LogP contribution in [-0.2, 0) is 6.18 Å². The molecule has 1 aliphatic heterocycles. The van der Waals surface area contributed by atoms with Crippen molar-refractivity contribution < 1.29 is 22.8 Å². The van der Waals surface area contributed by atoms with Crippen molar-refractivity contribution in [3.63, 3.8) is 0 Å². The lowest BCUT2D eigenvalue weighted by atomic mass is 10.1. The number of hydrogen-bond donors (Lipinski definition) is 2. The van der Waals surface area contributed by atoms with Crippen LogP contribution >= 0.6 is 27.5 Å². The number of anilines is 2. The normalized spacial score (nSPS) is 14.0. The first-order valence-electron chi connectivity index (χ1n) is 11.6. The van der Waals surface area contributed by atoms with E-state index in [1.165, 1.54) is 12.1 Å². The number of hydrazone groups is 1. The van der Waals surface area contributed by atoms with Crippen LogP contribution in [0.25, 0.3) is 0 Å². The maximum atomic E-state index is 13.1. The zero-order valence-corrected chi connectivity index (χ0v) is 22.2. The quantitative estimate of drug-likeness (QED) is 0.190. The summed E-state index contributed by atoms with van der Waals surface area (Å²) in [5.41, 5.74) is 2.75. The summed E-state index contributed by atoms with van der Waals surface area (Å²) >= 11 is 8.88. The molecule has 2 N–H and O–H groups in total. The fourth-order valence-electron chi connectivity index (χ4n) is 3.97. The molecule has 1 fully saturated rings. The average Bonchev–Trinajstić information content (AvgIpc) is 2.89. The molecule has 38 heavy (non-hydrogen) atoms. The van der Waals surface area contributed by atoms with Crippen LogP contribution in [-0.4, -0.2) is 36.1 Å². The molecule has 4 rings (SSSR count). The Kier molecular flexibility index (Phi) is 8.68. The number of benzene rings is 2. The maximum absolute atomic E-state index is 13.1. The Labute approximate surface area is 230 Å². The second kappa shape index (κ2) is 12.0. The highest BCUT2D eigenvalue weighted by Crippen LogP contribution is 2.35. The van der Waals surface area contributed by atoms with Crippen molar-refractivity contribution in [3.8, 4) is 0 Å². The van der Waals surface area contributed by atoms with Crippen molar-refractivity contribution in [1.29, 1.82) is 0 Å². The van der Waals surface area contributed by atoms with Crippen LogP contribution in [0.4, 0.5) is 24.5 Å². The number of alkyl halides is 3. The summed E-state index contributed by atoms with van der Waals surface area (Å²) in [6.07, 6.45) is -0.357. The third-order valence-electron chi connectivity index (χ3n) is 5.84. The predicted molar refractivity (Wildman–Crippen MR) is 144 cm³/mol. The Hall–Kier alpha value is -3.44. The van der Waals surface area contributed by atoms with Gasteiger partial charge in [0.05, 0.1) is 28.1 Å². The van der Waals surface area contributed by atoms with Crippen LogP contribution in [0.2, 0.25) is 5.02 Å². The van der Waals surface area contributed by atoms with Crippen molar-refractivity contribution >= 4 is 56.9 Å². The van der Waals surface area contributed by atoms with Crippen LogP contribution in [0.1, 0.15) is 51.2 Å². The monoisotopic (exact) mass is 607 g/mol. The van der Waals surface area contributed by atoms with E-state index in [0.29, 0.717) is 4.60 Å². The molecule has 7 nitrogen and oxygen atoms in total. The summed E-state index contributed by atoms with van der Waals surface area (Å²) in [6.45, 7) is 1.68. The first-order valence-corrected chi connectivity index (χ1v) is 12.8. The Bertz CT molecular complexity index is 1380. The molecule has 0 aliphatic carbocycles. The molecule has 1 aromatic heterocycles. The van der Waals surface area contributed by atoms with E-state index >= 15 is 0 Å². The minimum atomic E-state index is -4.63. The van der Waals surface area contributed by atoms with E-state index in [2.05, 4.69) is 41.7 Å². The number of nitrogens with zero attached hydrogens (tertiary/aromatic N) is 3. The fraction of sp³-hybridized carbons (Fsp3) is 0.231. The number of hydrogen-bond acceptors (Lipinski definition) is 5. The molecule has 3 aromatic rings. The molecular weight excluding hydrogens is 587 g/mol. The second-order valence-electron chi connectivity index (χ2n) is 8.51. The first-order chi connectivity index (χ1) is 18.1. The number of carbonyl (C=O) groups is 2. The molecule has 0 saturated carbocycles. The molecule has 0 bridgehead atoms. The van der Waals surface area contributed by atoms with Gasteiger partial charge in [0.15, 0.2) is 0 Å². The fourth-order valence-corrected chi connectivity index (χ4v) is 4.53. The van der Waals surface area contributed by atoms with E-state index < -0.39 is 28.6 Å². The molecule has 1 aliphatic rings. The highest BCUT2D eigenvalue weighted by Gasteiger charge is 2.33. The predicted octanol–water partition coefficient (Wildman–Crippen LogP) is 6.52. The molecule has 2 amide bonds. The minimum Gasteiger partial charge on any atom is -0.372 e. The first kappa shape index (κ1) is 27.6. The summed E-state index contributed by atoms with van der Waals surface area (Å²) in [6, 6.07) is 13.3. The number of aromatic nitrogens is 1. The van der Waals surface area contributed by atoms with E-state index in [1.54, 1.807) is 24.3 Å². The average molecular weight is 609 g/mol. The minimum absolute atomic E-state index is 0.0957. The van der Waals surface area contributed by atoms with E-state index in [4.69, 9.17) is 11.6 Å². The summed E-state index contributed by atoms with van der Waals surface area (Å²) in [5, 5.41) is 6.10. The molecule has 198 valence electrons. The summed E-state index contributed by atoms with van der Waals surface area (Å²) in [5.74, 6) is -1.17. The third kappa shape index (κ3) is 6.90. The Morgan fingerprint density at radius 2 is 1.79 bits per heavy atom. The SMILES string of the molecule is O=C(Nc1ccc(N2CCCCC2)cc1C(=O)NN=Cc1ccc(Cl)c(C(F)(F)F)c1)c1cccc(Br)n1. The number of amides is 2. The van der Waals surface area contributed by atoms with E-state index in [-0.39, 0.29) is 22.5 Å². The molecule has 2 heterocycles. The molecule has 2 aromatic carbocycles. The lowest BCUT2D eigenvalue weighted by Gasteiger charge is -2.29. The Morgan fingerprint density at radius 1 is 1.03 bits per heavy atom. The van der Waals surface area contributed by atoms with Gasteiger partial charge in [-0.2, -0.15) is 18.3 Å². The van der Waals surface area contributed by atoms with E-state index in [9.17, 15) is 22.8 Å². The number of halogens is 5. The highest BCUT2D eigenvalue weighted by atomic mass is 79.9. The smallest absolute Gasteiger partial charge is 0.372 e. The van der Waals surface area contributed by atoms with Gasteiger partial charge < -0.3 is 10.2 Å². The molecule has 0 radical (unpaired) electrons. The van der Waals surface area contributed by atoms with Gasteiger partial charge in [-0.25, -0.2) is 10.4 Å². The van der Waals surface area contributed by atoms with Crippen molar-refractivity contribution in [2.75, 3.05) is 23.3 Å². The maximum Gasteiger partial charge on any atom is 0.417 e. The van der Waals surface area contributed by atoms with Crippen molar-refractivity contribution in [1.82, 2.24) is 10.4 Å². The molecule has 0 spiro atoms. The lowest BCUT2D eigenvalue weighted by Crippen LogP contribution is -2.30. The van der Waals surface area contributed by atoms with Gasteiger partial charge in [-0.3, -0.25) is 9.59 Å². The van der Waals surface area contributed by atoms with Crippen molar-refractivity contribution in [2.24, 2.45) is 5.10 Å². The number of piperidine rings is 1. The summed E-state index contributed by atoms with van der Waals surface area (Å²) < 4.78 is 39.9. The standard InChI is InChI=1S/C26H22BrClF3N5O2/c27-23-6-4-5-22(33-23)25(38)34-21-10-8-17(36-11-2-1-3-12-36)14-18(21)24(37)35-32-15-16-7-9-20(28)19(13-16)26(29,30)31/h4-10,13-15H,1-3,11-12H2,(H,34,38)(H,35,37). The number of nitrogens with one attached hydrogen (secondary N) is 2.